The van der Waals surface area contributed by atoms with Gasteiger partial charge in [0.05, 0.1) is 11.6 Å². The van der Waals surface area contributed by atoms with Crippen LogP contribution in [0.3, 0.4) is 0 Å². The molecule has 0 spiro atoms. The lowest BCUT2D eigenvalue weighted by atomic mass is 10.1. The molecule has 4 nitrogen and oxygen atoms in total. The molecule has 5 heteroatoms. The third-order valence-corrected chi connectivity index (χ3v) is 3.76. The number of halogens is 1. The first-order chi connectivity index (χ1) is 8.60. The van der Waals surface area contributed by atoms with Crippen LogP contribution in [0.15, 0.2) is 22.7 Å². The van der Waals surface area contributed by atoms with E-state index in [1.54, 1.807) is 7.11 Å². The molecule has 0 bridgehead atoms. The largest absolute Gasteiger partial charge is 0.496 e. The fourth-order valence-corrected chi connectivity index (χ4v) is 2.68. The fourth-order valence-electron chi connectivity index (χ4n) is 2.12. The number of carbonyl (C=O) groups is 1. The minimum absolute atomic E-state index is 0.121. The predicted molar refractivity (Wildman–Crippen MR) is 73.7 cm³/mol. The van der Waals surface area contributed by atoms with Gasteiger partial charge in [0.15, 0.2) is 0 Å². The van der Waals surface area contributed by atoms with Crippen molar-refractivity contribution in [3.05, 3.63) is 28.2 Å². The maximum absolute atomic E-state index is 11.1. The molecule has 2 atom stereocenters. The molecule has 98 valence electrons. The molecule has 1 aliphatic heterocycles. The number of hydrogen-bond acceptors (Lipinski definition) is 3. The SMILES string of the molecule is COc1ccc(C(C)NC2CNC(=O)C2)cc1Br. The van der Waals surface area contributed by atoms with Crippen molar-refractivity contribution in [1.82, 2.24) is 10.6 Å². The number of rotatable bonds is 4. The third kappa shape index (κ3) is 3.03. The first kappa shape index (κ1) is 13.4. The molecule has 2 N–H and O–H groups in total. The number of methoxy groups -OCH3 is 1. The molecule has 1 aromatic rings. The van der Waals surface area contributed by atoms with Gasteiger partial charge in [0, 0.05) is 25.0 Å². The smallest absolute Gasteiger partial charge is 0.221 e. The van der Waals surface area contributed by atoms with E-state index in [1.165, 1.54) is 5.56 Å². The van der Waals surface area contributed by atoms with Crippen molar-refractivity contribution in [1.29, 1.82) is 0 Å². The Labute approximate surface area is 115 Å². The van der Waals surface area contributed by atoms with Gasteiger partial charge in [-0.15, -0.1) is 0 Å². The van der Waals surface area contributed by atoms with E-state index in [4.69, 9.17) is 4.74 Å². The first-order valence-corrected chi connectivity index (χ1v) is 6.75. The van der Waals surface area contributed by atoms with Gasteiger partial charge in [-0.05, 0) is 40.5 Å². The van der Waals surface area contributed by atoms with Gasteiger partial charge in [-0.1, -0.05) is 6.07 Å². The van der Waals surface area contributed by atoms with E-state index >= 15 is 0 Å². The Morgan fingerprint density at radius 3 is 2.89 bits per heavy atom. The van der Waals surface area contributed by atoms with Gasteiger partial charge >= 0.3 is 0 Å². The van der Waals surface area contributed by atoms with Crippen molar-refractivity contribution in [2.45, 2.75) is 25.4 Å². The van der Waals surface area contributed by atoms with Crippen molar-refractivity contribution >= 4 is 21.8 Å². The summed E-state index contributed by atoms with van der Waals surface area (Å²) in [5, 5.41) is 6.27. The van der Waals surface area contributed by atoms with Gasteiger partial charge in [0.1, 0.15) is 5.75 Å². The van der Waals surface area contributed by atoms with Crippen molar-refractivity contribution < 1.29 is 9.53 Å². The van der Waals surface area contributed by atoms with Crippen LogP contribution in [0.2, 0.25) is 0 Å². The maximum Gasteiger partial charge on any atom is 0.221 e. The summed E-state index contributed by atoms with van der Waals surface area (Å²) in [7, 11) is 1.65. The average Bonchev–Trinajstić information content (AvgIpc) is 2.74. The Morgan fingerprint density at radius 1 is 1.56 bits per heavy atom. The number of amides is 1. The summed E-state index contributed by atoms with van der Waals surface area (Å²) < 4.78 is 6.15. The second kappa shape index (κ2) is 5.71. The zero-order valence-electron chi connectivity index (χ0n) is 10.5. The maximum atomic E-state index is 11.1. The lowest BCUT2D eigenvalue weighted by Gasteiger charge is -2.19. The van der Waals surface area contributed by atoms with Gasteiger partial charge in [0.25, 0.3) is 0 Å². The highest BCUT2D eigenvalue weighted by atomic mass is 79.9. The average molecular weight is 313 g/mol. The van der Waals surface area contributed by atoms with E-state index in [1.807, 2.05) is 18.2 Å². The van der Waals surface area contributed by atoms with E-state index in [2.05, 4.69) is 33.5 Å². The van der Waals surface area contributed by atoms with Crippen molar-refractivity contribution in [2.75, 3.05) is 13.7 Å². The van der Waals surface area contributed by atoms with E-state index < -0.39 is 0 Å². The van der Waals surface area contributed by atoms with Gasteiger partial charge in [-0.25, -0.2) is 0 Å². The second-order valence-corrected chi connectivity index (χ2v) is 5.34. The molecule has 1 heterocycles. The first-order valence-electron chi connectivity index (χ1n) is 5.96. The zero-order valence-corrected chi connectivity index (χ0v) is 12.1. The Kier molecular flexibility index (Phi) is 4.24. The number of hydrogen-bond donors (Lipinski definition) is 2. The summed E-state index contributed by atoms with van der Waals surface area (Å²) in [5.41, 5.74) is 1.17. The molecule has 1 fully saturated rings. The van der Waals surface area contributed by atoms with Gasteiger partial charge in [0.2, 0.25) is 5.91 Å². The molecule has 0 saturated carbocycles. The van der Waals surface area contributed by atoms with Crippen molar-refractivity contribution in [3.8, 4) is 5.75 Å². The zero-order chi connectivity index (χ0) is 13.1. The molecular weight excluding hydrogens is 296 g/mol. The molecule has 0 aromatic heterocycles. The molecule has 18 heavy (non-hydrogen) atoms. The van der Waals surface area contributed by atoms with Crippen LogP contribution in [0.25, 0.3) is 0 Å². The summed E-state index contributed by atoms with van der Waals surface area (Å²) in [6, 6.07) is 6.43. The van der Waals surface area contributed by atoms with Crippen LogP contribution in [0.5, 0.6) is 5.75 Å². The van der Waals surface area contributed by atoms with Crippen LogP contribution in [0.4, 0.5) is 0 Å². The van der Waals surface area contributed by atoms with Gasteiger partial charge < -0.3 is 15.4 Å². The Hall–Kier alpha value is -1.07. The number of nitrogens with one attached hydrogen (secondary N) is 2. The van der Waals surface area contributed by atoms with Crippen LogP contribution in [-0.2, 0) is 4.79 Å². The molecular formula is C13H17BrN2O2. The highest BCUT2D eigenvalue weighted by Gasteiger charge is 2.23. The minimum Gasteiger partial charge on any atom is -0.496 e. The van der Waals surface area contributed by atoms with E-state index in [9.17, 15) is 4.79 Å². The quantitative estimate of drug-likeness (QED) is 0.894. The summed E-state index contributed by atoms with van der Waals surface area (Å²) in [6.45, 7) is 2.80. The minimum atomic E-state index is 0.121. The molecule has 1 saturated heterocycles. The summed E-state index contributed by atoms with van der Waals surface area (Å²) in [5.74, 6) is 0.944. The number of benzene rings is 1. The van der Waals surface area contributed by atoms with E-state index in [0.717, 1.165) is 10.2 Å². The van der Waals surface area contributed by atoms with Crippen LogP contribution >= 0.6 is 15.9 Å². The summed E-state index contributed by atoms with van der Waals surface area (Å²) >= 11 is 3.48. The molecule has 1 amide bonds. The Bertz CT molecular complexity index is 451. The van der Waals surface area contributed by atoms with Gasteiger partial charge in [-0.2, -0.15) is 0 Å². The predicted octanol–water partition coefficient (Wildman–Crippen LogP) is 2.00. The molecule has 0 radical (unpaired) electrons. The normalized spacial score (nSPS) is 20.6. The highest BCUT2D eigenvalue weighted by Crippen LogP contribution is 2.28. The Balaban J connectivity index is 2.02. The van der Waals surface area contributed by atoms with E-state index in [0.29, 0.717) is 13.0 Å². The van der Waals surface area contributed by atoms with Crippen molar-refractivity contribution in [2.24, 2.45) is 0 Å². The summed E-state index contributed by atoms with van der Waals surface area (Å²) in [4.78, 5) is 11.1. The summed E-state index contributed by atoms with van der Waals surface area (Å²) in [6.07, 6.45) is 0.557. The lowest BCUT2D eigenvalue weighted by molar-refractivity contribution is -0.119. The molecule has 0 aliphatic carbocycles. The van der Waals surface area contributed by atoms with Crippen LogP contribution in [0.1, 0.15) is 24.9 Å². The molecule has 2 rings (SSSR count). The second-order valence-electron chi connectivity index (χ2n) is 4.49. The monoisotopic (exact) mass is 312 g/mol. The topological polar surface area (TPSA) is 50.4 Å². The fraction of sp³-hybridized carbons (Fsp3) is 0.462. The highest BCUT2D eigenvalue weighted by molar-refractivity contribution is 9.10. The lowest BCUT2D eigenvalue weighted by Crippen LogP contribution is -2.33. The Morgan fingerprint density at radius 2 is 2.33 bits per heavy atom. The van der Waals surface area contributed by atoms with Gasteiger partial charge in [-0.3, -0.25) is 4.79 Å². The van der Waals surface area contributed by atoms with E-state index in [-0.39, 0.29) is 18.0 Å². The standard InChI is InChI=1S/C13H17BrN2O2/c1-8(16-10-6-13(17)15-7-10)9-3-4-12(18-2)11(14)5-9/h3-5,8,10,16H,6-7H2,1-2H3,(H,15,17). The molecule has 1 aromatic carbocycles. The van der Waals surface area contributed by atoms with Crippen LogP contribution < -0.4 is 15.4 Å². The number of carbonyl (C=O) groups excluding carboxylic acids is 1. The van der Waals surface area contributed by atoms with Crippen LogP contribution in [0, 0.1) is 0 Å². The third-order valence-electron chi connectivity index (χ3n) is 3.14. The molecule has 1 aliphatic rings. The van der Waals surface area contributed by atoms with Crippen molar-refractivity contribution in [3.63, 3.8) is 0 Å². The molecule has 2 unspecified atom stereocenters. The number of ether oxygens (including phenoxy) is 1. The van der Waals surface area contributed by atoms with Crippen LogP contribution in [-0.4, -0.2) is 25.6 Å².